The molecule has 1 aliphatic carbocycles. The molecule has 0 aliphatic heterocycles. The molecule has 1 aromatic rings. The Kier molecular flexibility index (Phi) is 4.16. The monoisotopic (exact) mass is 249 g/mol. The molecule has 0 spiro atoms. The molecule has 0 aromatic heterocycles. The van der Waals surface area contributed by atoms with Gasteiger partial charge >= 0.3 is 0 Å². The summed E-state index contributed by atoms with van der Waals surface area (Å²) < 4.78 is 0. The molecule has 1 nitrogen and oxygen atoms in total. The molecule has 1 aliphatic rings. The van der Waals surface area contributed by atoms with Gasteiger partial charge in [0.2, 0.25) is 0 Å². The molecule has 0 atom stereocenters. The summed E-state index contributed by atoms with van der Waals surface area (Å²) in [6.07, 6.45) is 2.76. The van der Waals surface area contributed by atoms with Crippen molar-refractivity contribution in [2.75, 3.05) is 12.3 Å². The minimum atomic E-state index is 0.261. The first-order valence-corrected chi connectivity index (χ1v) is 7.51. The lowest BCUT2D eigenvalue weighted by Crippen LogP contribution is -2.19. The van der Waals surface area contributed by atoms with Crippen LogP contribution in [0, 0.1) is 0 Å². The van der Waals surface area contributed by atoms with Crippen LogP contribution in [-0.4, -0.2) is 18.3 Å². The zero-order chi connectivity index (χ0) is 12.3. The first-order chi connectivity index (χ1) is 8.05. The maximum atomic E-state index is 3.54. The highest BCUT2D eigenvalue weighted by Gasteiger charge is 2.19. The van der Waals surface area contributed by atoms with E-state index in [0.29, 0.717) is 0 Å². The van der Waals surface area contributed by atoms with Gasteiger partial charge in [0.1, 0.15) is 0 Å². The lowest BCUT2D eigenvalue weighted by molar-refractivity contribution is 0.590. The molecular formula is C15H23NS. The quantitative estimate of drug-likeness (QED) is 0.629. The molecular weight excluding hydrogens is 226 g/mol. The van der Waals surface area contributed by atoms with Gasteiger partial charge in [-0.05, 0) is 36.0 Å². The van der Waals surface area contributed by atoms with Crippen LogP contribution >= 0.6 is 11.8 Å². The number of hydrogen-bond donors (Lipinski definition) is 1. The Labute approximate surface area is 109 Å². The first-order valence-electron chi connectivity index (χ1n) is 6.52. The molecule has 1 aromatic carbocycles. The van der Waals surface area contributed by atoms with Crippen LogP contribution in [0.3, 0.4) is 0 Å². The Balaban J connectivity index is 1.76. The summed E-state index contributed by atoms with van der Waals surface area (Å²) in [5.41, 5.74) is 1.68. The normalized spacial score (nSPS) is 16.2. The zero-order valence-corrected chi connectivity index (χ0v) is 11.9. The van der Waals surface area contributed by atoms with E-state index in [0.717, 1.165) is 12.6 Å². The minimum absolute atomic E-state index is 0.261. The van der Waals surface area contributed by atoms with E-state index < -0.39 is 0 Å². The minimum Gasteiger partial charge on any atom is -0.313 e. The van der Waals surface area contributed by atoms with Gasteiger partial charge in [-0.1, -0.05) is 32.9 Å². The van der Waals surface area contributed by atoms with Gasteiger partial charge in [0.15, 0.2) is 0 Å². The summed E-state index contributed by atoms with van der Waals surface area (Å²) in [6, 6.07) is 9.86. The predicted octanol–water partition coefficient (Wildman–Crippen LogP) is 3.83. The van der Waals surface area contributed by atoms with E-state index in [1.54, 1.807) is 0 Å². The fourth-order valence-corrected chi connectivity index (χ4v) is 2.55. The van der Waals surface area contributed by atoms with Gasteiger partial charge in [-0.25, -0.2) is 0 Å². The summed E-state index contributed by atoms with van der Waals surface area (Å²) in [5.74, 6) is 1.17. The molecule has 0 unspecified atom stereocenters. The van der Waals surface area contributed by atoms with Crippen LogP contribution in [0.4, 0.5) is 0 Å². The number of thioether (sulfide) groups is 1. The van der Waals surface area contributed by atoms with Gasteiger partial charge in [0, 0.05) is 23.2 Å². The SMILES string of the molecule is CC(C)(C)c1ccc(SCCNC2CC2)cc1. The fourth-order valence-electron chi connectivity index (χ4n) is 1.77. The second-order valence-corrected chi connectivity index (χ2v) is 7.02. The molecule has 1 saturated carbocycles. The Hall–Kier alpha value is -0.470. The molecule has 0 heterocycles. The maximum Gasteiger partial charge on any atom is 0.0106 e. The molecule has 1 N–H and O–H groups in total. The fraction of sp³-hybridized carbons (Fsp3) is 0.600. The third-order valence-electron chi connectivity index (χ3n) is 3.10. The number of benzene rings is 1. The summed E-state index contributed by atoms with van der Waals surface area (Å²) in [7, 11) is 0. The Morgan fingerprint density at radius 2 is 1.82 bits per heavy atom. The Morgan fingerprint density at radius 3 is 2.35 bits per heavy atom. The van der Waals surface area contributed by atoms with E-state index >= 15 is 0 Å². The number of nitrogens with one attached hydrogen (secondary N) is 1. The second-order valence-electron chi connectivity index (χ2n) is 5.85. The molecule has 1 fully saturated rings. The second kappa shape index (κ2) is 5.45. The summed E-state index contributed by atoms with van der Waals surface area (Å²) >= 11 is 1.95. The van der Waals surface area contributed by atoms with Crippen LogP contribution in [0.2, 0.25) is 0 Å². The van der Waals surface area contributed by atoms with Crippen LogP contribution in [-0.2, 0) is 5.41 Å². The van der Waals surface area contributed by atoms with Crippen LogP contribution < -0.4 is 5.32 Å². The zero-order valence-electron chi connectivity index (χ0n) is 11.1. The van der Waals surface area contributed by atoms with Crippen molar-refractivity contribution in [1.82, 2.24) is 5.32 Å². The van der Waals surface area contributed by atoms with Gasteiger partial charge in [0.25, 0.3) is 0 Å². The van der Waals surface area contributed by atoms with Crippen molar-refractivity contribution < 1.29 is 0 Å². The average Bonchev–Trinajstić information content (AvgIpc) is 3.08. The Morgan fingerprint density at radius 1 is 1.18 bits per heavy atom. The van der Waals surface area contributed by atoms with E-state index in [9.17, 15) is 0 Å². The molecule has 94 valence electrons. The van der Waals surface area contributed by atoms with Gasteiger partial charge in [-0.15, -0.1) is 11.8 Å². The highest BCUT2D eigenvalue weighted by atomic mass is 32.2. The highest BCUT2D eigenvalue weighted by molar-refractivity contribution is 7.99. The van der Waals surface area contributed by atoms with Gasteiger partial charge < -0.3 is 5.32 Å². The lowest BCUT2D eigenvalue weighted by atomic mass is 9.87. The van der Waals surface area contributed by atoms with Crippen molar-refractivity contribution in [3.05, 3.63) is 29.8 Å². The molecule has 0 bridgehead atoms. The standard InChI is InChI=1S/C15H23NS/c1-15(2,3)12-4-8-14(9-5-12)17-11-10-16-13-6-7-13/h4-5,8-9,13,16H,6-7,10-11H2,1-3H3. The van der Waals surface area contributed by atoms with E-state index in [4.69, 9.17) is 0 Å². The summed E-state index contributed by atoms with van der Waals surface area (Å²) in [4.78, 5) is 1.38. The van der Waals surface area contributed by atoms with Crippen molar-refractivity contribution in [3.8, 4) is 0 Å². The van der Waals surface area contributed by atoms with Crippen LogP contribution in [0.15, 0.2) is 29.2 Å². The van der Waals surface area contributed by atoms with E-state index in [2.05, 4.69) is 50.4 Å². The maximum absolute atomic E-state index is 3.54. The van der Waals surface area contributed by atoms with Crippen LogP contribution in [0.1, 0.15) is 39.2 Å². The van der Waals surface area contributed by atoms with Gasteiger partial charge in [-0.3, -0.25) is 0 Å². The van der Waals surface area contributed by atoms with Crippen molar-refractivity contribution in [2.24, 2.45) is 0 Å². The van der Waals surface area contributed by atoms with Crippen molar-refractivity contribution in [1.29, 1.82) is 0 Å². The predicted molar refractivity (Wildman–Crippen MR) is 76.9 cm³/mol. The van der Waals surface area contributed by atoms with Crippen LogP contribution in [0.25, 0.3) is 0 Å². The molecule has 17 heavy (non-hydrogen) atoms. The third-order valence-corrected chi connectivity index (χ3v) is 4.12. The van der Waals surface area contributed by atoms with Gasteiger partial charge in [0.05, 0.1) is 0 Å². The van der Waals surface area contributed by atoms with E-state index in [1.165, 1.54) is 29.1 Å². The molecule has 2 heteroatoms. The van der Waals surface area contributed by atoms with Crippen molar-refractivity contribution >= 4 is 11.8 Å². The van der Waals surface area contributed by atoms with Gasteiger partial charge in [-0.2, -0.15) is 0 Å². The topological polar surface area (TPSA) is 12.0 Å². The third kappa shape index (κ3) is 4.36. The van der Waals surface area contributed by atoms with Crippen molar-refractivity contribution in [3.63, 3.8) is 0 Å². The summed E-state index contributed by atoms with van der Waals surface area (Å²) in [5, 5.41) is 3.54. The molecule has 2 rings (SSSR count). The number of hydrogen-bond acceptors (Lipinski definition) is 2. The smallest absolute Gasteiger partial charge is 0.0106 e. The molecule has 0 amide bonds. The average molecular weight is 249 g/mol. The number of rotatable bonds is 5. The van der Waals surface area contributed by atoms with Crippen LogP contribution in [0.5, 0.6) is 0 Å². The lowest BCUT2D eigenvalue weighted by Gasteiger charge is -2.19. The summed E-state index contributed by atoms with van der Waals surface area (Å²) in [6.45, 7) is 7.91. The first kappa shape index (κ1) is 13.0. The highest BCUT2D eigenvalue weighted by Crippen LogP contribution is 2.25. The van der Waals surface area contributed by atoms with E-state index in [-0.39, 0.29) is 5.41 Å². The Bertz CT molecular complexity index is 346. The molecule has 0 radical (unpaired) electrons. The molecule has 0 saturated heterocycles. The van der Waals surface area contributed by atoms with Crippen molar-refractivity contribution in [2.45, 2.75) is 50.0 Å². The largest absolute Gasteiger partial charge is 0.313 e. The van der Waals surface area contributed by atoms with E-state index in [1.807, 2.05) is 11.8 Å².